The topological polar surface area (TPSA) is 114 Å². The minimum atomic E-state index is -3.50. The Bertz CT molecular complexity index is 842. The molecule has 1 atom stereocenters. The molecule has 2 N–H and O–H groups in total. The van der Waals surface area contributed by atoms with Gasteiger partial charge in [0.05, 0.1) is 5.75 Å². The van der Waals surface area contributed by atoms with Crippen molar-refractivity contribution in [3.63, 3.8) is 0 Å². The molecule has 0 saturated carbocycles. The Morgan fingerprint density at radius 3 is 2.64 bits per heavy atom. The van der Waals surface area contributed by atoms with E-state index in [4.69, 9.17) is 9.47 Å². The molecule has 2 amide bonds. The van der Waals surface area contributed by atoms with E-state index >= 15 is 0 Å². The maximum atomic E-state index is 12.6. The van der Waals surface area contributed by atoms with Crippen LogP contribution in [0.3, 0.4) is 0 Å². The van der Waals surface area contributed by atoms with E-state index in [9.17, 15) is 18.0 Å². The molecule has 0 radical (unpaired) electrons. The number of nitrogens with zero attached hydrogens (tertiary/aromatic N) is 1. The fourth-order valence-electron chi connectivity index (χ4n) is 3.33. The quantitative estimate of drug-likeness (QED) is 0.693. The number of hydrogen-bond donors (Lipinski definition) is 2. The molecule has 2 aliphatic heterocycles. The van der Waals surface area contributed by atoms with Crippen molar-refractivity contribution in [1.82, 2.24) is 15.2 Å². The van der Waals surface area contributed by atoms with Crippen LogP contribution in [0.25, 0.3) is 0 Å². The van der Waals surface area contributed by atoms with Crippen LogP contribution in [0.2, 0.25) is 0 Å². The Balaban J connectivity index is 1.63. The van der Waals surface area contributed by atoms with Gasteiger partial charge in [-0.05, 0) is 37.5 Å². The molecule has 3 rings (SSSR count). The molecule has 0 aromatic heterocycles. The number of rotatable bonds is 5. The summed E-state index contributed by atoms with van der Waals surface area (Å²) in [5.41, 5.74) is 5.00. The molecule has 1 fully saturated rings. The Hall–Kier alpha value is -2.33. The average molecular weight is 411 g/mol. The lowest BCUT2D eigenvalue weighted by molar-refractivity contribution is -0.126. The van der Waals surface area contributed by atoms with E-state index in [-0.39, 0.29) is 5.75 Å². The lowest BCUT2D eigenvalue weighted by atomic mass is 10.0. The van der Waals surface area contributed by atoms with E-state index in [1.807, 2.05) is 0 Å². The minimum Gasteiger partial charge on any atom is -0.486 e. The van der Waals surface area contributed by atoms with E-state index in [1.54, 1.807) is 19.1 Å². The van der Waals surface area contributed by atoms with Crippen LogP contribution >= 0.6 is 0 Å². The molecule has 9 nitrogen and oxygen atoms in total. The van der Waals surface area contributed by atoms with Gasteiger partial charge in [0.25, 0.3) is 11.8 Å². The third-order valence-electron chi connectivity index (χ3n) is 4.68. The largest absolute Gasteiger partial charge is 0.486 e. The van der Waals surface area contributed by atoms with Crippen molar-refractivity contribution in [3.8, 4) is 11.5 Å². The first-order valence-electron chi connectivity index (χ1n) is 9.41. The molecule has 2 aliphatic rings. The molecule has 1 saturated heterocycles. The van der Waals surface area contributed by atoms with Crippen molar-refractivity contribution >= 4 is 21.8 Å². The highest BCUT2D eigenvalue weighted by Gasteiger charge is 2.36. The highest BCUT2D eigenvalue weighted by Crippen LogP contribution is 2.30. The van der Waals surface area contributed by atoms with Crippen LogP contribution in [-0.2, 0) is 14.8 Å². The standard InChI is InChI=1S/C18H25N3O6S/c1-2-11-28(24,25)21-8-4-3-5-14(21)18(23)20-19-17(22)13-6-7-15-16(12-13)27-10-9-26-15/h6-7,12,14H,2-5,8-11H2,1H3,(H,19,22)(H,20,23). The normalized spacial score (nSPS) is 19.7. The highest BCUT2D eigenvalue weighted by molar-refractivity contribution is 7.89. The summed E-state index contributed by atoms with van der Waals surface area (Å²) >= 11 is 0. The second kappa shape index (κ2) is 8.78. The number of nitrogens with one attached hydrogen (secondary N) is 2. The van der Waals surface area contributed by atoms with Gasteiger partial charge in [0.15, 0.2) is 11.5 Å². The summed E-state index contributed by atoms with van der Waals surface area (Å²) < 4.78 is 37.0. The zero-order valence-corrected chi connectivity index (χ0v) is 16.6. The van der Waals surface area contributed by atoms with E-state index in [0.29, 0.717) is 49.7 Å². The summed E-state index contributed by atoms with van der Waals surface area (Å²) in [6.07, 6.45) is 2.38. The lowest BCUT2D eigenvalue weighted by Gasteiger charge is -2.33. The summed E-state index contributed by atoms with van der Waals surface area (Å²) in [5, 5.41) is 0. The molecule has 28 heavy (non-hydrogen) atoms. The highest BCUT2D eigenvalue weighted by atomic mass is 32.2. The first-order valence-corrected chi connectivity index (χ1v) is 11.0. The third kappa shape index (κ3) is 4.56. The monoisotopic (exact) mass is 411 g/mol. The molecule has 0 aliphatic carbocycles. The second-order valence-electron chi connectivity index (χ2n) is 6.74. The van der Waals surface area contributed by atoms with Gasteiger partial charge in [-0.3, -0.25) is 20.4 Å². The van der Waals surface area contributed by atoms with Gasteiger partial charge in [0.1, 0.15) is 19.3 Å². The van der Waals surface area contributed by atoms with Crippen molar-refractivity contribution < 1.29 is 27.5 Å². The number of benzene rings is 1. The SMILES string of the molecule is CCCS(=O)(=O)N1CCCCC1C(=O)NNC(=O)c1ccc2c(c1)OCCO2. The molecule has 2 heterocycles. The Labute approximate surface area is 164 Å². The number of hydrazine groups is 1. The summed E-state index contributed by atoms with van der Waals surface area (Å²) in [5.74, 6) is -0.0325. The fourth-order valence-corrected chi connectivity index (χ4v) is 5.08. The summed E-state index contributed by atoms with van der Waals surface area (Å²) in [6.45, 7) is 2.95. The maximum absolute atomic E-state index is 12.6. The van der Waals surface area contributed by atoms with E-state index in [2.05, 4.69) is 10.9 Å². The zero-order valence-electron chi connectivity index (χ0n) is 15.8. The minimum absolute atomic E-state index is 0.000333. The molecule has 1 unspecified atom stereocenters. The number of piperidine rings is 1. The summed E-state index contributed by atoms with van der Waals surface area (Å²) in [6, 6.07) is 3.92. The van der Waals surface area contributed by atoms with Crippen LogP contribution < -0.4 is 20.3 Å². The van der Waals surface area contributed by atoms with Gasteiger partial charge in [-0.2, -0.15) is 4.31 Å². The molecular formula is C18H25N3O6S. The van der Waals surface area contributed by atoms with Crippen molar-refractivity contribution in [2.45, 2.75) is 38.6 Å². The van der Waals surface area contributed by atoms with Crippen LogP contribution in [-0.4, -0.2) is 56.1 Å². The Morgan fingerprint density at radius 1 is 1.14 bits per heavy atom. The maximum Gasteiger partial charge on any atom is 0.269 e. The van der Waals surface area contributed by atoms with Crippen LogP contribution in [0.4, 0.5) is 0 Å². The Morgan fingerprint density at radius 2 is 1.89 bits per heavy atom. The molecule has 1 aromatic rings. The van der Waals surface area contributed by atoms with Gasteiger partial charge in [0, 0.05) is 12.1 Å². The van der Waals surface area contributed by atoms with Gasteiger partial charge >= 0.3 is 0 Å². The Kier molecular flexibility index (Phi) is 6.40. The van der Waals surface area contributed by atoms with E-state index in [0.717, 1.165) is 12.8 Å². The van der Waals surface area contributed by atoms with Crippen LogP contribution in [0.5, 0.6) is 11.5 Å². The molecule has 0 spiro atoms. The van der Waals surface area contributed by atoms with Crippen molar-refractivity contribution in [3.05, 3.63) is 23.8 Å². The van der Waals surface area contributed by atoms with Crippen molar-refractivity contribution in [2.24, 2.45) is 0 Å². The molecule has 10 heteroatoms. The number of fused-ring (bicyclic) bond motifs is 1. The van der Waals surface area contributed by atoms with Gasteiger partial charge in [-0.25, -0.2) is 8.42 Å². The molecule has 1 aromatic carbocycles. The van der Waals surface area contributed by atoms with E-state index in [1.165, 1.54) is 10.4 Å². The summed E-state index contributed by atoms with van der Waals surface area (Å²) in [4.78, 5) is 24.9. The predicted molar refractivity (Wildman–Crippen MR) is 101 cm³/mol. The lowest BCUT2D eigenvalue weighted by Crippen LogP contribution is -2.55. The first kappa shape index (κ1) is 20.4. The van der Waals surface area contributed by atoms with Gasteiger partial charge in [-0.1, -0.05) is 13.3 Å². The van der Waals surface area contributed by atoms with Crippen molar-refractivity contribution in [2.75, 3.05) is 25.5 Å². The number of carbonyl (C=O) groups is 2. The molecule has 0 bridgehead atoms. The number of carbonyl (C=O) groups excluding carboxylic acids is 2. The first-order chi connectivity index (χ1) is 13.4. The average Bonchev–Trinajstić information content (AvgIpc) is 2.71. The van der Waals surface area contributed by atoms with Gasteiger partial charge in [0.2, 0.25) is 10.0 Å². The number of ether oxygens (including phenoxy) is 2. The molecular weight excluding hydrogens is 386 g/mol. The third-order valence-corrected chi connectivity index (χ3v) is 6.76. The van der Waals surface area contributed by atoms with Crippen LogP contribution in [0, 0.1) is 0 Å². The molecule has 154 valence electrons. The van der Waals surface area contributed by atoms with Crippen LogP contribution in [0.1, 0.15) is 43.0 Å². The number of amides is 2. The van der Waals surface area contributed by atoms with Crippen molar-refractivity contribution in [1.29, 1.82) is 0 Å². The predicted octanol–water partition coefficient (Wildman–Crippen LogP) is 0.813. The van der Waals surface area contributed by atoms with E-state index < -0.39 is 27.9 Å². The fraction of sp³-hybridized carbons (Fsp3) is 0.556. The van der Waals surface area contributed by atoms with Gasteiger partial charge < -0.3 is 9.47 Å². The zero-order chi connectivity index (χ0) is 20.1. The smallest absolute Gasteiger partial charge is 0.269 e. The second-order valence-corrected chi connectivity index (χ2v) is 8.78. The van der Waals surface area contributed by atoms with Crippen LogP contribution in [0.15, 0.2) is 18.2 Å². The van der Waals surface area contributed by atoms with Gasteiger partial charge in [-0.15, -0.1) is 0 Å². The number of hydrogen-bond acceptors (Lipinski definition) is 6. The summed E-state index contributed by atoms with van der Waals surface area (Å²) in [7, 11) is -3.50. The number of sulfonamides is 1.